The summed E-state index contributed by atoms with van der Waals surface area (Å²) >= 11 is 0. The minimum absolute atomic E-state index is 0.0365. The molecule has 0 aromatic heterocycles. The number of rotatable bonds is 10. The van der Waals surface area contributed by atoms with Crippen LogP contribution in [-0.2, 0) is 17.8 Å². The van der Waals surface area contributed by atoms with Crippen LogP contribution >= 0.6 is 0 Å². The molecule has 2 aromatic rings. The first-order valence-corrected chi connectivity index (χ1v) is 9.78. The van der Waals surface area contributed by atoms with Gasteiger partial charge in [0.15, 0.2) is 11.5 Å². The fourth-order valence-electron chi connectivity index (χ4n) is 3.16. The molecule has 5 heteroatoms. The molecule has 2 aromatic carbocycles. The first-order valence-electron chi connectivity index (χ1n) is 9.78. The number of methoxy groups -OCH3 is 2. The van der Waals surface area contributed by atoms with E-state index in [1.807, 2.05) is 18.2 Å². The van der Waals surface area contributed by atoms with E-state index in [0.29, 0.717) is 24.0 Å². The van der Waals surface area contributed by atoms with E-state index in [9.17, 15) is 4.79 Å². The van der Waals surface area contributed by atoms with E-state index in [1.54, 1.807) is 14.2 Å². The minimum atomic E-state index is -0.0365. The molecule has 28 heavy (non-hydrogen) atoms. The monoisotopic (exact) mass is 384 g/mol. The van der Waals surface area contributed by atoms with E-state index in [1.165, 1.54) is 11.1 Å². The minimum Gasteiger partial charge on any atom is -0.493 e. The Morgan fingerprint density at radius 3 is 2.18 bits per heavy atom. The smallest absolute Gasteiger partial charge is 0.234 e. The Bertz CT molecular complexity index is 757. The van der Waals surface area contributed by atoms with Crippen LogP contribution in [0.2, 0.25) is 0 Å². The van der Waals surface area contributed by atoms with Crippen molar-refractivity contribution in [1.29, 1.82) is 0 Å². The third kappa shape index (κ3) is 5.99. The first kappa shape index (κ1) is 21.8. The molecule has 0 unspecified atom stereocenters. The predicted octanol–water partition coefficient (Wildman–Crippen LogP) is 3.87. The first-order chi connectivity index (χ1) is 13.5. The summed E-state index contributed by atoms with van der Waals surface area (Å²) in [5.74, 6) is 1.67. The van der Waals surface area contributed by atoms with Crippen molar-refractivity contribution < 1.29 is 14.3 Å². The van der Waals surface area contributed by atoms with Gasteiger partial charge in [-0.25, -0.2) is 0 Å². The van der Waals surface area contributed by atoms with E-state index in [2.05, 4.69) is 55.7 Å². The van der Waals surface area contributed by atoms with Crippen LogP contribution in [-0.4, -0.2) is 26.7 Å². The molecule has 1 atom stereocenters. The van der Waals surface area contributed by atoms with Gasteiger partial charge in [0.05, 0.1) is 20.8 Å². The van der Waals surface area contributed by atoms with Crippen molar-refractivity contribution in [3.63, 3.8) is 0 Å². The molecule has 5 nitrogen and oxygen atoms in total. The zero-order valence-electron chi connectivity index (χ0n) is 17.5. The second kappa shape index (κ2) is 10.7. The standard InChI is InChI=1S/C23H32N2O3/c1-6-17-7-10-19(11-8-17)23(16(2)3)25-15-22(26)24-14-18-9-12-20(27-4)21(13-18)28-5/h7-13,16,23,25H,6,14-15H2,1-5H3,(H,24,26)/t23-/m1/s1. The topological polar surface area (TPSA) is 59.6 Å². The Balaban J connectivity index is 1.90. The number of aryl methyl sites for hydroxylation is 1. The molecule has 2 rings (SSSR count). The van der Waals surface area contributed by atoms with Crippen molar-refractivity contribution in [3.8, 4) is 11.5 Å². The van der Waals surface area contributed by atoms with Crippen LogP contribution in [0.3, 0.4) is 0 Å². The average molecular weight is 385 g/mol. The third-order valence-electron chi connectivity index (χ3n) is 4.83. The lowest BCUT2D eigenvalue weighted by atomic mass is 9.95. The number of hydrogen-bond acceptors (Lipinski definition) is 4. The van der Waals surface area contributed by atoms with Gasteiger partial charge in [-0.1, -0.05) is 51.1 Å². The number of amides is 1. The molecule has 0 saturated carbocycles. The van der Waals surface area contributed by atoms with E-state index >= 15 is 0 Å². The summed E-state index contributed by atoms with van der Waals surface area (Å²) in [7, 11) is 3.20. The summed E-state index contributed by atoms with van der Waals surface area (Å²) < 4.78 is 10.5. The zero-order chi connectivity index (χ0) is 20.5. The number of ether oxygens (including phenoxy) is 2. The van der Waals surface area contributed by atoms with Gasteiger partial charge in [0, 0.05) is 12.6 Å². The molecule has 0 spiro atoms. The van der Waals surface area contributed by atoms with Gasteiger partial charge in [-0.2, -0.15) is 0 Å². The van der Waals surface area contributed by atoms with E-state index in [-0.39, 0.29) is 18.5 Å². The normalized spacial score (nSPS) is 11.9. The van der Waals surface area contributed by atoms with Gasteiger partial charge >= 0.3 is 0 Å². The lowest BCUT2D eigenvalue weighted by Crippen LogP contribution is -2.37. The number of hydrogen-bond donors (Lipinski definition) is 2. The largest absolute Gasteiger partial charge is 0.493 e. The van der Waals surface area contributed by atoms with Crippen LogP contribution in [0.25, 0.3) is 0 Å². The molecule has 0 bridgehead atoms. The van der Waals surface area contributed by atoms with Gasteiger partial charge in [0.1, 0.15) is 0 Å². The van der Waals surface area contributed by atoms with Crippen LogP contribution in [0.4, 0.5) is 0 Å². The molecular formula is C23H32N2O3. The molecular weight excluding hydrogens is 352 g/mol. The Labute approximate surface area is 168 Å². The van der Waals surface area contributed by atoms with Crippen LogP contribution < -0.4 is 20.1 Å². The Morgan fingerprint density at radius 2 is 1.61 bits per heavy atom. The van der Waals surface area contributed by atoms with Crippen LogP contribution in [0.5, 0.6) is 11.5 Å². The average Bonchev–Trinajstić information content (AvgIpc) is 2.72. The molecule has 1 amide bonds. The Kier molecular flexibility index (Phi) is 8.33. The van der Waals surface area contributed by atoms with Crippen LogP contribution in [0, 0.1) is 5.92 Å². The summed E-state index contributed by atoms with van der Waals surface area (Å²) in [6.07, 6.45) is 1.03. The molecule has 0 heterocycles. The highest BCUT2D eigenvalue weighted by molar-refractivity contribution is 5.78. The van der Waals surface area contributed by atoms with Crippen LogP contribution in [0.1, 0.15) is 43.5 Å². The van der Waals surface area contributed by atoms with E-state index in [0.717, 1.165) is 12.0 Å². The quantitative estimate of drug-likeness (QED) is 0.653. The lowest BCUT2D eigenvalue weighted by Gasteiger charge is -2.23. The highest BCUT2D eigenvalue weighted by Gasteiger charge is 2.16. The summed E-state index contributed by atoms with van der Waals surface area (Å²) in [6.45, 7) is 7.18. The molecule has 0 radical (unpaired) electrons. The maximum Gasteiger partial charge on any atom is 0.234 e. The maximum absolute atomic E-state index is 12.3. The number of benzene rings is 2. The highest BCUT2D eigenvalue weighted by Crippen LogP contribution is 2.27. The van der Waals surface area contributed by atoms with Gasteiger partial charge < -0.3 is 20.1 Å². The van der Waals surface area contributed by atoms with E-state index in [4.69, 9.17) is 9.47 Å². The summed E-state index contributed by atoms with van der Waals surface area (Å²) in [4.78, 5) is 12.3. The Hall–Kier alpha value is -2.53. The van der Waals surface area contributed by atoms with Crippen molar-refractivity contribution in [2.24, 2.45) is 5.92 Å². The number of carbonyl (C=O) groups is 1. The SMILES string of the molecule is CCc1ccc([C@H](NCC(=O)NCc2ccc(OC)c(OC)c2)C(C)C)cc1. The zero-order valence-corrected chi connectivity index (χ0v) is 17.5. The van der Waals surface area contributed by atoms with Crippen molar-refractivity contribution in [2.75, 3.05) is 20.8 Å². The van der Waals surface area contributed by atoms with Gasteiger partial charge in [0.25, 0.3) is 0 Å². The lowest BCUT2D eigenvalue weighted by molar-refractivity contribution is -0.120. The molecule has 0 fully saturated rings. The van der Waals surface area contributed by atoms with Crippen LogP contribution in [0.15, 0.2) is 42.5 Å². The highest BCUT2D eigenvalue weighted by atomic mass is 16.5. The fourth-order valence-corrected chi connectivity index (χ4v) is 3.16. The van der Waals surface area contributed by atoms with Gasteiger partial charge in [-0.3, -0.25) is 4.79 Å². The van der Waals surface area contributed by atoms with Crippen molar-refractivity contribution in [3.05, 3.63) is 59.2 Å². The second-order valence-corrected chi connectivity index (χ2v) is 7.16. The molecule has 0 saturated heterocycles. The molecule has 0 aliphatic rings. The molecule has 0 aliphatic heterocycles. The van der Waals surface area contributed by atoms with Gasteiger partial charge in [-0.15, -0.1) is 0 Å². The molecule has 2 N–H and O–H groups in total. The summed E-state index contributed by atoms with van der Waals surface area (Å²) in [6, 6.07) is 14.4. The summed E-state index contributed by atoms with van der Waals surface area (Å²) in [5.41, 5.74) is 3.49. The third-order valence-corrected chi connectivity index (χ3v) is 4.83. The van der Waals surface area contributed by atoms with Crippen molar-refractivity contribution in [2.45, 2.75) is 39.8 Å². The molecule has 0 aliphatic carbocycles. The second-order valence-electron chi connectivity index (χ2n) is 7.16. The van der Waals surface area contributed by atoms with E-state index < -0.39 is 0 Å². The fraction of sp³-hybridized carbons (Fsp3) is 0.435. The predicted molar refractivity (Wildman–Crippen MR) is 113 cm³/mol. The number of nitrogens with one attached hydrogen (secondary N) is 2. The van der Waals surface area contributed by atoms with Gasteiger partial charge in [-0.05, 0) is 41.2 Å². The van der Waals surface area contributed by atoms with Crippen molar-refractivity contribution >= 4 is 5.91 Å². The summed E-state index contributed by atoms with van der Waals surface area (Å²) in [5, 5.41) is 6.35. The Morgan fingerprint density at radius 1 is 0.964 bits per heavy atom. The molecule has 152 valence electrons. The maximum atomic E-state index is 12.3. The number of carbonyl (C=O) groups excluding carboxylic acids is 1. The van der Waals surface area contributed by atoms with Gasteiger partial charge in [0.2, 0.25) is 5.91 Å². The van der Waals surface area contributed by atoms with Crippen molar-refractivity contribution in [1.82, 2.24) is 10.6 Å².